The van der Waals surface area contributed by atoms with Crippen LogP contribution in [0.5, 0.6) is 0 Å². The summed E-state index contributed by atoms with van der Waals surface area (Å²) >= 11 is 0. The van der Waals surface area contributed by atoms with E-state index in [1.165, 1.54) is 5.69 Å². The molecule has 0 saturated carbocycles. The quantitative estimate of drug-likeness (QED) is 0.920. The Morgan fingerprint density at radius 3 is 2.89 bits per heavy atom. The number of nitrogens with zero attached hydrogens (tertiary/aromatic N) is 2. The van der Waals surface area contributed by atoms with Gasteiger partial charge in [0, 0.05) is 37.8 Å². The number of benzene rings is 1. The number of fused-ring (bicyclic) bond motifs is 1. The summed E-state index contributed by atoms with van der Waals surface area (Å²) < 4.78 is 5.82. The van der Waals surface area contributed by atoms with E-state index < -0.39 is 0 Å². The van der Waals surface area contributed by atoms with E-state index in [0.717, 1.165) is 49.6 Å². The van der Waals surface area contributed by atoms with Gasteiger partial charge in [0.25, 0.3) is 0 Å². The third-order valence-corrected chi connectivity index (χ3v) is 3.90. The lowest BCUT2D eigenvalue weighted by Gasteiger charge is -2.29. The highest BCUT2D eigenvalue weighted by Gasteiger charge is 2.15. The fourth-order valence-corrected chi connectivity index (χ4v) is 2.44. The molecule has 2 heterocycles. The van der Waals surface area contributed by atoms with E-state index in [4.69, 9.17) is 4.42 Å². The molecule has 1 aromatic heterocycles. The second kappa shape index (κ2) is 5.21. The molecule has 1 atom stereocenters. The van der Waals surface area contributed by atoms with Crippen LogP contribution in [0.1, 0.15) is 32.1 Å². The van der Waals surface area contributed by atoms with Gasteiger partial charge in [-0.15, -0.1) is 0 Å². The smallest absolute Gasteiger partial charge is 0.198 e. The van der Waals surface area contributed by atoms with E-state index >= 15 is 0 Å². The van der Waals surface area contributed by atoms with Crippen LogP contribution in [0.15, 0.2) is 22.6 Å². The highest BCUT2D eigenvalue weighted by atomic mass is 16.3. The third kappa shape index (κ3) is 2.45. The van der Waals surface area contributed by atoms with Crippen molar-refractivity contribution < 1.29 is 4.42 Å². The van der Waals surface area contributed by atoms with E-state index in [0.29, 0.717) is 5.92 Å². The fourth-order valence-electron chi connectivity index (χ4n) is 2.44. The summed E-state index contributed by atoms with van der Waals surface area (Å²) in [6.07, 6.45) is 1.05. The Morgan fingerprint density at radius 1 is 1.37 bits per heavy atom. The number of hydrogen-bond donors (Lipinski definition) is 1. The van der Waals surface area contributed by atoms with E-state index in [1.807, 2.05) is 6.07 Å². The van der Waals surface area contributed by atoms with Crippen molar-refractivity contribution in [2.24, 2.45) is 0 Å². The lowest BCUT2D eigenvalue weighted by molar-refractivity contribution is 0.479. The van der Waals surface area contributed by atoms with Gasteiger partial charge in [-0.3, -0.25) is 0 Å². The van der Waals surface area contributed by atoms with Gasteiger partial charge in [0.1, 0.15) is 5.52 Å². The van der Waals surface area contributed by atoms with Crippen molar-refractivity contribution in [1.29, 1.82) is 0 Å². The molecule has 1 aliphatic heterocycles. The molecular formula is C15H21N3O. The Balaban J connectivity index is 1.91. The van der Waals surface area contributed by atoms with Crippen molar-refractivity contribution in [3.8, 4) is 0 Å². The number of piperazine rings is 1. The Bertz CT molecular complexity index is 558. The number of oxazole rings is 1. The molecule has 3 rings (SSSR count). The largest absolute Gasteiger partial charge is 0.440 e. The average molecular weight is 259 g/mol. The lowest BCUT2D eigenvalue weighted by Crippen LogP contribution is -2.43. The molecule has 0 radical (unpaired) electrons. The lowest BCUT2D eigenvalue weighted by atomic mass is 10.1. The Morgan fingerprint density at radius 2 is 2.16 bits per heavy atom. The molecule has 1 aromatic carbocycles. The Hall–Kier alpha value is -1.55. The Kier molecular flexibility index (Phi) is 3.42. The molecule has 19 heavy (non-hydrogen) atoms. The van der Waals surface area contributed by atoms with Gasteiger partial charge in [0.15, 0.2) is 11.5 Å². The normalized spacial score (nSPS) is 17.9. The number of anilines is 1. The highest BCUT2D eigenvalue weighted by Crippen LogP contribution is 2.26. The topological polar surface area (TPSA) is 41.3 Å². The number of hydrogen-bond acceptors (Lipinski definition) is 4. The summed E-state index contributed by atoms with van der Waals surface area (Å²) in [6.45, 7) is 8.53. The van der Waals surface area contributed by atoms with Gasteiger partial charge >= 0.3 is 0 Å². The van der Waals surface area contributed by atoms with Crippen LogP contribution in [0.4, 0.5) is 5.69 Å². The van der Waals surface area contributed by atoms with Crippen molar-refractivity contribution in [2.45, 2.75) is 26.2 Å². The molecular weight excluding hydrogens is 238 g/mol. The first-order chi connectivity index (χ1) is 9.28. The summed E-state index contributed by atoms with van der Waals surface area (Å²) in [5.74, 6) is 1.24. The van der Waals surface area contributed by atoms with E-state index in [9.17, 15) is 0 Å². The molecule has 1 aliphatic rings. The van der Waals surface area contributed by atoms with Crippen molar-refractivity contribution in [3.63, 3.8) is 0 Å². The van der Waals surface area contributed by atoms with Crippen LogP contribution in [0.2, 0.25) is 0 Å². The van der Waals surface area contributed by atoms with Crippen molar-refractivity contribution in [1.82, 2.24) is 10.3 Å². The zero-order valence-electron chi connectivity index (χ0n) is 11.6. The van der Waals surface area contributed by atoms with Crippen LogP contribution in [0, 0.1) is 0 Å². The maximum Gasteiger partial charge on any atom is 0.198 e. The van der Waals surface area contributed by atoms with Crippen molar-refractivity contribution in [2.75, 3.05) is 31.1 Å². The summed E-state index contributed by atoms with van der Waals surface area (Å²) in [5, 5.41) is 3.37. The molecule has 4 heteroatoms. The summed E-state index contributed by atoms with van der Waals surface area (Å²) in [6, 6.07) is 6.33. The van der Waals surface area contributed by atoms with E-state index in [-0.39, 0.29) is 0 Å². The zero-order valence-corrected chi connectivity index (χ0v) is 11.6. The van der Waals surface area contributed by atoms with Gasteiger partial charge in [-0.05, 0) is 24.6 Å². The maximum absolute atomic E-state index is 5.82. The van der Waals surface area contributed by atoms with Crippen LogP contribution in [0.3, 0.4) is 0 Å². The predicted octanol–water partition coefficient (Wildman–Crippen LogP) is 2.75. The number of nitrogens with one attached hydrogen (secondary N) is 1. The highest BCUT2D eigenvalue weighted by molar-refractivity contribution is 5.77. The van der Waals surface area contributed by atoms with Gasteiger partial charge in [-0.2, -0.15) is 0 Å². The molecule has 0 spiro atoms. The van der Waals surface area contributed by atoms with Crippen LogP contribution in [-0.4, -0.2) is 31.2 Å². The molecule has 1 saturated heterocycles. The third-order valence-electron chi connectivity index (χ3n) is 3.90. The zero-order chi connectivity index (χ0) is 13.2. The van der Waals surface area contributed by atoms with Gasteiger partial charge in [0.2, 0.25) is 0 Å². The molecule has 2 aromatic rings. The van der Waals surface area contributed by atoms with E-state index in [1.54, 1.807) is 0 Å². The molecule has 1 fully saturated rings. The minimum absolute atomic E-state index is 0.384. The first-order valence-electron chi connectivity index (χ1n) is 7.14. The number of rotatable bonds is 3. The SMILES string of the molecule is CCC(C)c1nc2cc(N3CCNCC3)ccc2o1. The monoisotopic (exact) mass is 259 g/mol. The summed E-state index contributed by atoms with van der Waals surface area (Å²) in [5.41, 5.74) is 3.12. The predicted molar refractivity (Wildman–Crippen MR) is 77.8 cm³/mol. The molecule has 0 amide bonds. The van der Waals surface area contributed by atoms with Crippen molar-refractivity contribution >= 4 is 16.8 Å². The molecule has 4 nitrogen and oxygen atoms in total. The first-order valence-corrected chi connectivity index (χ1v) is 7.14. The van der Waals surface area contributed by atoms with Gasteiger partial charge < -0.3 is 14.6 Å². The second-order valence-electron chi connectivity index (χ2n) is 5.25. The fraction of sp³-hybridized carbons (Fsp3) is 0.533. The van der Waals surface area contributed by atoms with Crippen LogP contribution >= 0.6 is 0 Å². The van der Waals surface area contributed by atoms with Gasteiger partial charge in [-0.1, -0.05) is 13.8 Å². The van der Waals surface area contributed by atoms with Crippen LogP contribution < -0.4 is 10.2 Å². The summed E-state index contributed by atoms with van der Waals surface area (Å²) in [4.78, 5) is 7.03. The molecule has 1 unspecified atom stereocenters. The molecule has 0 aliphatic carbocycles. The maximum atomic E-state index is 5.82. The molecule has 102 valence electrons. The first kappa shape index (κ1) is 12.5. The molecule has 0 bridgehead atoms. The summed E-state index contributed by atoms with van der Waals surface area (Å²) in [7, 11) is 0. The Labute approximate surface area is 113 Å². The van der Waals surface area contributed by atoms with Gasteiger partial charge in [0.05, 0.1) is 0 Å². The van der Waals surface area contributed by atoms with Crippen LogP contribution in [-0.2, 0) is 0 Å². The average Bonchev–Trinajstić information content (AvgIpc) is 2.90. The van der Waals surface area contributed by atoms with Crippen molar-refractivity contribution in [3.05, 3.63) is 24.1 Å². The number of aromatic nitrogens is 1. The standard InChI is InChI=1S/C15H21N3O/c1-3-11(2)15-17-13-10-12(4-5-14(13)19-15)18-8-6-16-7-9-18/h4-5,10-11,16H,3,6-9H2,1-2H3. The molecule has 1 N–H and O–H groups in total. The second-order valence-corrected chi connectivity index (χ2v) is 5.25. The minimum Gasteiger partial charge on any atom is -0.440 e. The van der Waals surface area contributed by atoms with Gasteiger partial charge in [-0.25, -0.2) is 4.98 Å². The van der Waals surface area contributed by atoms with Crippen LogP contribution in [0.25, 0.3) is 11.1 Å². The van der Waals surface area contributed by atoms with E-state index in [2.05, 4.69) is 41.2 Å². The minimum atomic E-state index is 0.384.